The minimum absolute atomic E-state index is 0.125. The van der Waals surface area contributed by atoms with Crippen LogP contribution in [0.1, 0.15) is 57.0 Å². The number of nitrogens with zero attached hydrogens (tertiary/aromatic N) is 1. The van der Waals surface area contributed by atoms with Crippen LogP contribution < -0.4 is 0 Å². The Morgan fingerprint density at radius 3 is 1.79 bits per heavy atom. The molecule has 0 aliphatic carbocycles. The molecule has 1 aromatic rings. The van der Waals surface area contributed by atoms with Crippen molar-refractivity contribution in [3.63, 3.8) is 0 Å². The first-order valence-corrected chi connectivity index (χ1v) is 6.94. The first-order chi connectivity index (χ1) is 8.68. The van der Waals surface area contributed by atoms with Gasteiger partial charge in [0.2, 0.25) is 0 Å². The summed E-state index contributed by atoms with van der Waals surface area (Å²) in [6.07, 6.45) is 1.26. The summed E-state index contributed by atoms with van der Waals surface area (Å²) in [5, 5.41) is 0. The maximum Gasteiger partial charge on any atom is 0.159 e. The van der Waals surface area contributed by atoms with Crippen molar-refractivity contribution in [2.75, 3.05) is 20.6 Å². The van der Waals surface area contributed by atoms with Gasteiger partial charge in [0.15, 0.2) is 5.78 Å². The molecule has 0 heterocycles. The third-order valence-corrected chi connectivity index (χ3v) is 2.83. The lowest BCUT2D eigenvalue weighted by atomic mass is 9.86. The van der Waals surface area contributed by atoms with Gasteiger partial charge in [-0.15, -0.1) is 0 Å². The van der Waals surface area contributed by atoms with Gasteiger partial charge in [0.05, 0.1) is 0 Å². The summed E-state index contributed by atoms with van der Waals surface area (Å²) in [5.41, 5.74) is 2.21. The maximum absolute atomic E-state index is 11.0. The van der Waals surface area contributed by atoms with E-state index in [2.05, 4.69) is 46.7 Å². The molecule has 1 aromatic carbocycles. The second-order valence-electron chi connectivity index (χ2n) is 6.19. The molecule has 0 amide bonds. The van der Waals surface area contributed by atoms with Crippen molar-refractivity contribution in [2.24, 2.45) is 0 Å². The molecule has 19 heavy (non-hydrogen) atoms. The summed E-state index contributed by atoms with van der Waals surface area (Å²) >= 11 is 0. The van der Waals surface area contributed by atoms with Crippen molar-refractivity contribution in [1.82, 2.24) is 4.90 Å². The number of ketones is 1. The van der Waals surface area contributed by atoms with E-state index in [1.807, 2.05) is 24.3 Å². The molecule has 2 heteroatoms. The molecular weight excluding hydrogens is 234 g/mol. The van der Waals surface area contributed by atoms with Gasteiger partial charge in [-0.1, -0.05) is 52.0 Å². The quantitative estimate of drug-likeness (QED) is 0.764. The van der Waals surface area contributed by atoms with Gasteiger partial charge >= 0.3 is 0 Å². The molecule has 108 valence electrons. The first-order valence-electron chi connectivity index (χ1n) is 6.94. The summed E-state index contributed by atoms with van der Waals surface area (Å²) in [5.74, 6) is 0.125. The average Bonchev–Trinajstić information content (AvgIpc) is 2.28. The van der Waals surface area contributed by atoms with E-state index in [1.165, 1.54) is 18.5 Å². The molecule has 0 bridgehead atoms. The molecular formula is C17H29NO. The smallest absolute Gasteiger partial charge is 0.159 e. The number of rotatable bonds is 3. The highest BCUT2D eigenvalue weighted by Crippen LogP contribution is 2.22. The van der Waals surface area contributed by atoms with Gasteiger partial charge < -0.3 is 4.90 Å². The van der Waals surface area contributed by atoms with E-state index in [0.29, 0.717) is 0 Å². The number of carbonyl (C=O) groups is 1. The van der Waals surface area contributed by atoms with E-state index in [4.69, 9.17) is 0 Å². The Balaban J connectivity index is 0.000000459. The van der Waals surface area contributed by atoms with Gasteiger partial charge in [0, 0.05) is 5.56 Å². The average molecular weight is 263 g/mol. The molecule has 0 atom stereocenters. The maximum atomic E-state index is 11.0. The molecule has 0 saturated carbocycles. The van der Waals surface area contributed by atoms with Crippen LogP contribution >= 0.6 is 0 Å². The molecule has 0 aromatic heterocycles. The van der Waals surface area contributed by atoms with Gasteiger partial charge in [0.1, 0.15) is 0 Å². The Morgan fingerprint density at radius 2 is 1.58 bits per heavy atom. The fourth-order valence-electron chi connectivity index (χ4n) is 1.65. The van der Waals surface area contributed by atoms with Crippen molar-refractivity contribution >= 4 is 5.78 Å². The van der Waals surface area contributed by atoms with Gasteiger partial charge in [-0.25, -0.2) is 0 Å². The highest BCUT2D eigenvalue weighted by atomic mass is 16.1. The van der Waals surface area contributed by atoms with E-state index in [9.17, 15) is 4.79 Å². The fourth-order valence-corrected chi connectivity index (χ4v) is 1.65. The SMILES string of the molecule is CC(=O)c1ccc(C(C)(C)C)cc1.CCCN(C)C. The Morgan fingerprint density at radius 1 is 1.11 bits per heavy atom. The van der Waals surface area contributed by atoms with Crippen molar-refractivity contribution in [3.8, 4) is 0 Å². The summed E-state index contributed by atoms with van der Waals surface area (Å²) in [4.78, 5) is 13.2. The lowest BCUT2D eigenvalue weighted by molar-refractivity contribution is 0.101. The zero-order valence-corrected chi connectivity index (χ0v) is 13.6. The van der Waals surface area contributed by atoms with Crippen molar-refractivity contribution in [3.05, 3.63) is 35.4 Å². The monoisotopic (exact) mass is 263 g/mol. The number of carbonyl (C=O) groups excluding carboxylic acids is 1. The van der Waals surface area contributed by atoms with Crippen molar-refractivity contribution in [2.45, 2.75) is 46.5 Å². The van der Waals surface area contributed by atoms with Crippen LogP contribution in [0.25, 0.3) is 0 Å². The zero-order chi connectivity index (χ0) is 15.1. The van der Waals surface area contributed by atoms with Gasteiger partial charge in [-0.05, 0) is 45.0 Å². The minimum Gasteiger partial charge on any atom is -0.309 e. The molecule has 0 unspecified atom stereocenters. The van der Waals surface area contributed by atoms with Crippen LogP contribution in [0, 0.1) is 0 Å². The Hall–Kier alpha value is -1.15. The van der Waals surface area contributed by atoms with Crippen LogP contribution in [0.4, 0.5) is 0 Å². The minimum atomic E-state index is 0.125. The van der Waals surface area contributed by atoms with E-state index in [0.717, 1.165) is 5.56 Å². The summed E-state index contributed by atoms with van der Waals surface area (Å²) in [6, 6.07) is 7.83. The fraction of sp³-hybridized carbons (Fsp3) is 0.588. The van der Waals surface area contributed by atoms with Gasteiger partial charge in [-0.2, -0.15) is 0 Å². The van der Waals surface area contributed by atoms with Crippen LogP contribution in [0.2, 0.25) is 0 Å². The number of hydrogen-bond donors (Lipinski definition) is 0. The number of benzene rings is 1. The largest absolute Gasteiger partial charge is 0.309 e. The molecule has 0 radical (unpaired) electrons. The normalized spacial score (nSPS) is 10.9. The Labute approximate surface area is 118 Å². The highest BCUT2D eigenvalue weighted by molar-refractivity contribution is 5.94. The van der Waals surface area contributed by atoms with Crippen LogP contribution in [0.15, 0.2) is 24.3 Å². The van der Waals surface area contributed by atoms with E-state index in [1.54, 1.807) is 6.92 Å². The molecule has 2 nitrogen and oxygen atoms in total. The molecule has 0 aliphatic heterocycles. The zero-order valence-electron chi connectivity index (χ0n) is 13.6. The predicted octanol–water partition coefficient (Wildman–Crippen LogP) is 4.14. The number of hydrogen-bond acceptors (Lipinski definition) is 2. The molecule has 1 rings (SSSR count). The molecule has 0 saturated heterocycles. The van der Waals surface area contributed by atoms with Crippen molar-refractivity contribution < 1.29 is 4.79 Å². The van der Waals surface area contributed by atoms with Gasteiger partial charge in [0.25, 0.3) is 0 Å². The lowest BCUT2D eigenvalue weighted by Crippen LogP contribution is -2.11. The third-order valence-electron chi connectivity index (χ3n) is 2.83. The second-order valence-corrected chi connectivity index (χ2v) is 6.19. The Bertz CT molecular complexity index is 371. The highest BCUT2D eigenvalue weighted by Gasteiger charge is 2.13. The van der Waals surface area contributed by atoms with Crippen LogP contribution in [0.3, 0.4) is 0 Å². The van der Waals surface area contributed by atoms with Crippen LogP contribution in [-0.2, 0) is 5.41 Å². The summed E-state index contributed by atoms with van der Waals surface area (Å²) in [6.45, 7) is 11.5. The van der Waals surface area contributed by atoms with E-state index < -0.39 is 0 Å². The van der Waals surface area contributed by atoms with E-state index in [-0.39, 0.29) is 11.2 Å². The van der Waals surface area contributed by atoms with Crippen molar-refractivity contribution in [1.29, 1.82) is 0 Å². The van der Waals surface area contributed by atoms with E-state index >= 15 is 0 Å². The van der Waals surface area contributed by atoms with Crippen LogP contribution in [-0.4, -0.2) is 31.3 Å². The second kappa shape index (κ2) is 8.11. The third kappa shape index (κ3) is 7.78. The lowest BCUT2D eigenvalue weighted by Gasteiger charge is -2.18. The standard InChI is InChI=1S/C12H16O.C5H13N/c1-9(13)10-5-7-11(8-6-10)12(2,3)4;1-4-5-6(2)3/h5-8H,1-4H3;4-5H2,1-3H3. The number of Topliss-reactive ketones (excluding diaryl/α,β-unsaturated/α-hetero) is 1. The predicted molar refractivity (Wildman–Crippen MR) is 84.0 cm³/mol. The topological polar surface area (TPSA) is 20.3 Å². The first kappa shape index (κ1) is 17.8. The van der Waals surface area contributed by atoms with Crippen LogP contribution in [0.5, 0.6) is 0 Å². The molecule has 0 aliphatic rings. The summed E-state index contributed by atoms with van der Waals surface area (Å²) in [7, 11) is 4.17. The van der Waals surface area contributed by atoms with Gasteiger partial charge in [-0.3, -0.25) is 4.79 Å². The summed E-state index contributed by atoms with van der Waals surface area (Å²) < 4.78 is 0. The Kier molecular flexibility index (Phi) is 7.62. The molecule has 0 N–H and O–H groups in total. The molecule has 0 fully saturated rings. The molecule has 0 spiro atoms.